The van der Waals surface area contributed by atoms with E-state index >= 15 is 0 Å². The zero-order valence-corrected chi connectivity index (χ0v) is 16.4. The molecule has 1 fully saturated rings. The molecule has 2 aromatic rings. The summed E-state index contributed by atoms with van der Waals surface area (Å²) in [5.74, 6) is 1.20. The number of ether oxygens (including phenoxy) is 1. The topological polar surface area (TPSA) is 51.5 Å². The van der Waals surface area contributed by atoms with Crippen LogP contribution >= 0.6 is 11.8 Å². The van der Waals surface area contributed by atoms with Crippen molar-refractivity contribution in [3.05, 3.63) is 35.6 Å². The summed E-state index contributed by atoms with van der Waals surface area (Å²) in [7, 11) is 0. The van der Waals surface area contributed by atoms with Crippen molar-refractivity contribution in [2.24, 2.45) is 0 Å². The summed E-state index contributed by atoms with van der Waals surface area (Å²) in [5.41, 5.74) is 1.84. The highest BCUT2D eigenvalue weighted by molar-refractivity contribution is 7.99. The number of hydrogen-bond donors (Lipinski definition) is 1. The van der Waals surface area contributed by atoms with E-state index in [-0.39, 0.29) is 5.91 Å². The van der Waals surface area contributed by atoms with Crippen LogP contribution in [0.1, 0.15) is 61.6 Å². The van der Waals surface area contributed by atoms with Gasteiger partial charge in [-0.15, -0.1) is 0 Å². The fourth-order valence-electron chi connectivity index (χ4n) is 3.46. The lowest BCUT2D eigenvalue weighted by Gasteiger charge is -2.20. The van der Waals surface area contributed by atoms with Gasteiger partial charge in [0.15, 0.2) is 5.76 Å². The fourth-order valence-corrected chi connectivity index (χ4v) is 4.81. The molecule has 0 spiro atoms. The summed E-state index contributed by atoms with van der Waals surface area (Å²) in [6.45, 7) is 3.95. The van der Waals surface area contributed by atoms with Crippen molar-refractivity contribution in [1.82, 2.24) is 5.32 Å². The standard InChI is InChI=1S/C21H29NO3S/c1-2-24-14-8-13-22-21(23)20-18(15-26-16-9-4-3-5-10-16)17-11-6-7-12-19(17)25-20/h6-7,11-12,16H,2-5,8-10,13-15H2,1H3,(H,22,23). The first kappa shape index (κ1) is 19.3. The van der Waals surface area contributed by atoms with E-state index in [0.717, 1.165) is 28.7 Å². The van der Waals surface area contributed by atoms with E-state index in [9.17, 15) is 4.79 Å². The Balaban J connectivity index is 1.68. The second-order valence-corrected chi connectivity index (χ2v) is 8.07. The maximum absolute atomic E-state index is 12.7. The van der Waals surface area contributed by atoms with Gasteiger partial charge in [-0.2, -0.15) is 11.8 Å². The number of furan rings is 1. The van der Waals surface area contributed by atoms with Gasteiger partial charge in [0.2, 0.25) is 0 Å². The Morgan fingerprint density at radius 3 is 2.88 bits per heavy atom. The Bertz CT molecular complexity index is 706. The zero-order chi connectivity index (χ0) is 18.2. The van der Waals surface area contributed by atoms with Crippen LogP contribution in [0.5, 0.6) is 0 Å². The van der Waals surface area contributed by atoms with Crippen LogP contribution in [0.4, 0.5) is 0 Å². The molecule has 0 bridgehead atoms. The Morgan fingerprint density at radius 1 is 1.27 bits per heavy atom. The Labute approximate surface area is 160 Å². The number of carbonyl (C=O) groups excluding carboxylic acids is 1. The molecule has 26 heavy (non-hydrogen) atoms. The molecular formula is C21H29NO3S. The third kappa shape index (κ3) is 5.04. The Kier molecular flexibility index (Phi) is 7.44. The number of fused-ring (bicyclic) bond motifs is 1. The van der Waals surface area contributed by atoms with E-state index in [0.29, 0.717) is 30.8 Å². The molecule has 1 N–H and O–H groups in total. The molecule has 1 aromatic heterocycles. The zero-order valence-electron chi connectivity index (χ0n) is 15.6. The Hall–Kier alpha value is -1.46. The molecule has 0 saturated heterocycles. The lowest BCUT2D eigenvalue weighted by atomic mass is 10.0. The molecule has 4 nitrogen and oxygen atoms in total. The lowest BCUT2D eigenvalue weighted by Crippen LogP contribution is -2.25. The largest absolute Gasteiger partial charge is 0.451 e. The van der Waals surface area contributed by atoms with Gasteiger partial charge in [0.1, 0.15) is 5.58 Å². The highest BCUT2D eigenvalue weighted by Crippen LogP contribution is 2.34. The molecular weight excluding hydrogens is 346 g/mol. The summed E-state index contributed by atoms with van der Waals surface area (Å²) in [6, 6.07) is 7.96. The number of amides is 1. The van der Waals surface area contributed by atoms with Crippen molar-refractivity contribution >= 4 is 28.6 Å². The number of nitrogens with one attached hydrogen (secondary N) is 1. The van der Waals surface area contributed by atoms with Crippen molar-refractivity contribution < 1.29 is 13.9 Å². The number of rotatable bonds is 9. The van der Waals surface area contributed by atoms with Crippen molar-refractivity contribution in [2.45, 2.75) is 56.5 Å². The van der Waals surface area contributed by atoms with Crippen LogP contribution in [0.25, 0.3) is 11.0 Å². The summed E-state index contributed by atoms with van der Waals surface area (Å²) in [6.07, 6.45) is 7.42. The Morgan fingerprint density at radius 2 is 2.08 bits per heavy atom. The molecule has 3 rings (SSSR count). The fraction of sp³-hybridized carbons (Fsp3) is 0.571. The smallest absolute Gasteiger partial charge is 0.287 e. The average Bonchev–Trinajstić information content (AvgIpc) is 3.05. The molecule has 0 atom stereocenters. The summed E-state index contributed by atoms with van der Waals surface area (Å²) >= 11 is 1.98. The van der Waals surface area contributed by atoms with Crippen LogP contribution in [-0.2, 0) is 10.5 Å². The maximum Gasteiger partial charge on any atom is 0.287 e. The van der Waals surface area contributed by atoms with Crippen molar-refractivity contribution in [3.63, 3.8) is 0 Å². The molecule has 5 heteroatoms. The average molecular weight is 376 g/mol. The molecule has 0 unspecified atom stereocenters. The second-order valence-electron chi connectivity index (χ2n) is 6.78. The number of carbonyl (C=O) groups is 1. The predicted octanol–water partition coefficient (Wildman–Crippen LogP) is 5.16. The molecule has 1 saturated carbocycles. The monoisotopic (exact) mass is 375 g/mol. The van der Waals surface area contributed by atoms with Crippen LogP contribution < -0.4 is 5.32 Å². The molecule has 142 valence electrons. The SMILES string of the molecule is CCOCCCNC(=O)c1oc2ccccc2c1CSC1CCCCC1. The third-order valence-corrected chi connectivity index (χ3v) is 6.27. The highest BCUT2D eigenvalue weighted by Gasteiger charge is 2.22. The molecule has 1 aromatic carbocycles. The summed E-state index contributed by atoms with van der Waals surface area (Å²) < 4.78 is 11.2. The molecule has 1 amide bonds. The third-order valence-electron chi connectivity index (χ3n) is 4.88. The molecule has 1 heterocycles. The van der Waals surface area contributed by atoms with Gasteiger partial charge in [-0.05, 0) is 32.3 Å². The second kappa shape index (κ2) is 10.0. The minimum atomic E-state index is -0.114. The van der Waals surface area contributed by atoms with Gasteiger partial charge in [-0.25, -0.2) is 0 Å². The first-order valence-corrected chi connectivity index (χ1v) is 10.8. The van der Waals surface area contributed by atoms with Gasteiger partial charge in [0, 0.05) is 41.7 Å². The lowest BCUT2D eigenvalue weighted by molar-refractivity contribution is 0.0918. The molecule has 1 aliphatic carbocycles. The molecule has 1 aliphatic rings. The van der Waals surface area contributed by atoms with E-state index in [1.807, 2.05) is 36.9 Å². The van der Waals surface area contributed by atoms with Gasteiger partial charge in [-0.3, -0.25) is 4.79 Å². The van der Waals surface area contributed by atoms with E-state index in [1.165, 1.54) is 32.1 Å². The first-order chi connectivity index (χ1) is 12.8. The summed E-state index contributed by atoms with van der Waals surface area (Å²) in [5, 5.41) is 4.75. The van der Waals surface area contributed by atoms with E-state index in [4.69, 9.17) is 9.15 Å². The van der Waals surface area contributed by atoms with Crippen LogP contribution in [0.3, 0.4) is 0 Å². The number of para-hydroxylation sites is 1. The van der Waals surface area contributed by atoms with Gasteiger partial charge in [0.25, 0.3) is 5.91 Å². The highest BCUT2D eigenvalue weighted by atomic mass is 32.2. The van der Waals surface area contributed by atoms with Crippen molar-refractivity contribution in [3.8, 4) is 0 Å². The predicted molar refractivity (Wildman–Crippen MR) is 108 cm³/mol. The van der Waals surface area contributed by atoms with Gasteiger partial charge in [-0.1, -0.05) is 37.5 Å². The van der Waals surface area contributed by atoms with Crippen LogP contribution in [0.2, 0.25) is 0 Å². The molecule has 0 aliphatic heterocycles. The normalized spacial score (nSPS) is 15.4. The summed E-state index contributed by atoms with van der Waals surface area (Å²) in [4.78, 5) is 12.7. The van der Waals surface area contributed by atoms with E-state index in [2.05, 4.69) is 11.4 Å². The van der Waals surface area contributed by atoms with Crippen molar-refractivity contribution in [1.29, 1.82) is 0 Å². The van der Waals surface area contributed by atoms with Crippen LogP contribution in [0, 0.1) is 0 Å². The van der Waals surface area contributed by atoms with Crippen LogP contribution in [-0.4, -0.2) is 30.9 Å². The first-order valence-electron chi connectivity index (χ1n) is 9.77. The number of hydrogen-bond acceptors (Lipinski definition) is 4. The van der Waals surface area contributed by atoms with E-state index < -0.39 is 0 Å². The maximum atomic E-state index is 12.7. The quantitative estimate of drug-likeness (QED) is 0.616. The van der Waals surface area contributed by atoms with Crippen LogP contribution in [0.15, 0.2) is 28.7 Å². The van der Waals surface area contributed by atoms with Gasteiger partial charge in [0.05, 0.1) is 0 Å². The van der Waals surface area contributed by atoms with E-state index in [1.54, 1.807) is 0 Å². The molecule has 0 radical (unpaired) electrons. The minimum Gasteiger partial charge on any atom is -0.451 e. The number of thioether (sulfide) groups is 1. The number of benzene rings is 1. The van der Waals surface area contributed by atoms with Gasteiger partial charge < -0.3 is 14.5 Å². The minimum absolute atomic E-state index is 0.114. The van der Waals surface area contributed by atoms with Gasteiger partial charge >= 0.3 is 0 Å². The van der Waals surface area contributed by atoms with Crippen molar-refractivity contribution in [2.75, 3.05) is 19.8 Å².